The monoisotopic (exact) mass is 379 g/mol. The molecule has 0 saturated carbocycles. The number of carbonyl (C=O) groups excluding carboxylic acids is 2. The van der Waals surface area contributed by atoms with Gasteiger partial charge in [0, 0.05) is 0 Å². The summed E-state index contributed by atoms with van der Waals surface area (Å²) in [6.07, 6.45) is -0.748. The average molecular weight is 379 g/mol. The van der Waals surface area contributed by atoms with E-state index in [1.165, 1.54) is 29.5 Å². The minimum atomic E-state index is -3.69. The van der Waals surface area contributed by atoms with E-state index in [2.05, 4.69) is 5.32 Å². The van der Waals surface area contributed by atoms with Gasteiger partial charge >= 0.3 is 6.09 Å². The topological polar surface area (TPSA) is 89.5 Å². The van der Waals surface area contributed by atoms with E-state index in [1.54, 1.807) is 32.2 Å². The van der Waals surface area contributed by atoms with Crippen LogP contribution in [0.2, 0.25) is 0 Å². The molecule has 0 saturated heterocycles. The summed E-state index contributed by atoms with van der Waals surface area (Å²) in [7, 11) is -3.69. The first kappa shape index (κ1) is 17.6. The normalized spacial score (nSPS) is 15.7. The van der Waals surface area contributed by atoms with Crippen LogP contribution in [-0.2, 0) is 20.3 Å². The van der Waals surface area contributed by atoms with Gasteiger partial charge in [-0.1, -0.05) is 6.07 Å². The van der Waals surface area contributed by atoms with Crippen LogP contribution < -0.4 is 5.32 Å². The summed E-state index contributed by atoms with van der Waals surface area (Å²) in [5.41, 5.74) is -0.127. The third-order valence-corrected chi connectivity index (χ3v) is 6.18. The van der Waals surface area contributed by atoms with Crippen molar-refractivity contribution in [1.82, 2.24) is 0 Å². The quantitative estimate of drug-likeness (QED) is 0.817. The van der Waals surface area contributed by atoms with Gasteiger partial charge in [-0.15, -0.1) is 11.3 Å². The summed E-state index contributed by atoms with van der Waals surface area (Å²) in [6.45, 7) is 5.14. The van der Waals surface area contributed by atoms with Gasteiger partial charge in [-0.05, 0) is 49.9 Å². The highest BCUT2D eigenvalue weighted by Gasteiger charge is 2.33. The molecular weight excluding hydrogens is 362 g/mol. The fraction of sp³-hybridized carbons (Fsp3) is 0.294. The van der Waals surface area contributed by atoms with Crippen LogP contribution in [0.1, 0.15) is 41.6 Å². The molecule has 132 valence electrons. The number of hydrogen-bond acceptors (Lipinski definition) is 6. The maximum atomic E-state index is 12.9. The van der Waals surface area contributed by atoms with Gasteiger partial charge in [-0.25, -0.2) is 13.2 Å². The van der Waals surface area contributed by atoms with E-state index in [0.717, 1.165) is 0 Å². The zero-order valence-electron chi connectivity index (χ0n) is 14.0. The smallest absolute Gasteiger partial charge is 0.412 e. The molecule has 0 bridgehead atoms. The van der Waals surface area contributed by atoms with Crippen LogP contribution in [0, 0.1) is 0 Å². The molecular formula is C17H17NO5S2. The van der Waals surface area contributed by atoms with Crippen LogP contribution in [0.4, 0.5) is 10.5 Å². The number of rotatable bonds is 1. The molecule has 1 aromatic carbocycles. The lowest BCUT2D eigenvalue weighted by Crippen LogP contribution is -2.28. The first-order valence-corrected chi connectivity index (χ1v) is 10.1. The summed E-state index contributed by atoms with van der Waals surface area (Å²) in [6, 6.07) is 6.02. The average Bonchev–Trinajstić information content (AvgIpc) is 2.88. The molecule has 8 heteroatoms. The van der Waals surface area contributed by atoms with Gasteiger partial charge in [-0.3, -0.25) is 10.1 Å². The minimum Gasteiger partial charge on any atom is -0.444 e. The molecule has 1 amide bonds. The van der Waals surface area contributed by atoms with Gasteiger partial charge in [0.1, 0.15) is 5.60 Å². The summed E-state index contributed by atoms with van der Waals surface area (Å²) in [4.78, 5) is 25.3. The number of benzene rings is 1. The largest absolute Gasteiger partial charge is 0.444 e. The van der Waals surface area contributed by atoms with Crippen molar-refractivity contribution in [2.45, 2.75) is 37.0 Å². The second-order valence-corrected chi connectivity index (χ2v) is 9.54. The van der Waals surface area contributed by atoms with Crippen LogP contribution in [-0.4, -0.2) is 25.9 Å². The van der Waals surface area contributed by atoms with Crippen molar-refractivity contribution >= 4 is 38.7 Å². The number of ether oxygens (including phenoxy) is 1. The van der Waals surface area contributed by atoms with E-state index in [-0.39, 0.29) is 21.9 Å². The number of amides is 1. The van der Waals surface area contributed by atoms with Crippen LogP contribution in [0.25, 0.3) is 0 Å². The maximum absolute atomic E-state index is 12.9. The number of thiophene rings is 1. The van der Waals surface area contributed by atoms with Gasteiger partial charge in [0.2, 0.25) is 5.78 Å². The number of ketones is 1. The SMILES string of the molecule is CC(C)(C)OC(=O)Nc1cccc2c1C(=O)c1sccc1CS2(=O)=O. The Kier molecular flexibility index (Phi) is 4.20. The first-order valence-electron chi connectivity index (χ1n) is 7.55. The number of sulfone groups is 1. The molecule has 1 N–H and O–H groups in total. The Bertz CT molecular complexity index is 967. The number of anilines is 1. The molecule has 2 aromatic rings. The van der Waals surface area contributed by atoms with E-state index in [9.17, 15) is 18.0 Å². The molecule has 0 fully saturated rings. The van der Waals surface area contributed by atoms with Gasteiger partial charge in [0.15, 0.2) is 9.84 Å². The number of carbonyl (C=O) groups is 2. The van der Waals surface area contributed by atoms with E-state index < -0.39 is 27.3 Å². The molecule has 2 heterocycles. The van der Waals surface area contributed by atoms with Gasteiger partial charge in [-0.2, -0.15) is 0 Å². The summed E-state index contributed by atoms with van der Waals surface area (Å²) in [5, 5.41) is 4.19. The van der Waals surface area contributed by atoms with Gasteiger partial charge in [0.25, 0.3) is 0 Å². The van der Waals surface area contributed by atoms with E-state index in [0.29, 0.717) is 10.4 Å². The highest BCUT2D eigenvalue weighted by molar-refractivity contribution is 7.90. The number of hydrogen-bond donors (Lipinski definition) is 1. The van der Waals surface area contributed by atoms with Crippen molar-refractivity contribution in [3.63, 3.8) is 0 Å². The Morgan fingerprint density at radius 3 is 2.64 bits per heavy atom. The number of nitrogens with one attached hydrogen (secondary N) is 1. The first-order chi connectivity index (χ1) is 11.6. The maximum Gasteiger partial charge on any atom is 0.412 e. The predicted molar refractivity (Wildman–Crippen MR) is 94.9 cm³/mol. The molecule has 0 unspecified atom stereocenters. The Balaban J connectivity index is 2.11. The van der Waals surface area contributed by atoms with Crippen molar-refractivity contribution in [3.8, 4) is 0 Å². The van der Waals surface area contributed by atoms with Gasteiger partial charge in [0.05, 0.1) is 26.8 Å². The van der Waals surface area contributed by atoms with Crippen molar-refractivity contribution in [3.05, 3.63) is 45.6 Å². The van der Waals surface area contributed by atoms with E-state index in [1.807, 2.05) is 0 Å². The highest BCUT2D eigenvalue weighted by Crippen LogP contribution is 2.36. The molecule has 0 aliphatic carbocycles. The van der Waals surface area contributed by atoms with Crippen molar-refractivity contribution in [2.75, 3.05) is 5.32 Å². The van der Waals surface area contributed by atoms with E-state index in [4.69, 9.17) is 4.74 Å². The lowest BCUT2D eigenvalue weighted by molar-refractivity contribution is 0.0636. The van der Waals surface area contributed by atoms with Crippen LogP contribution >= 0.6 is 11.3 Å². The second kappa shape index (κ2) is 5.96. The standard InChI is InChI=1S/C17H17NO5S2/c1-17(2,3)23-16(20)18-11-5-4-6-12-13(11)14(19)15-10(7-8-24-15)9-25(12,21)22/h4-8H,9H2,1-3H3,(H,18,20). The van der Waals surface area contributed by atoms with Gasteiger partial charge < -0.3 is 4.74 Å². The fourth-order valence-corrected chi connectivity index (χ4v) is 5.15. The van der Waals surface area contributed by atoms with Crippen molar-refractivity contribution < 1.29 is 22.7 Å². The third-order valence-electron chi connectivity index (χ3n) is 3.52. The fourth-order valence-electron chi connectivity index (χ4n) is 2.59. The summed E-state index contributed by atoms with van der Waals surface area (Å²) in [5.74, 6) is -0.645. The second-order valence-electron chi connectivity index (χ2n) is 6.67. The molecule has 0 spiro atoms. The van der Waals surface area contributed by atoms with Crippen molar-refractivity contribution in [1.29, 1.82) is 0 Å². The molecule has 1 aliphatic rings. The molecule has 0 radical (unpaired) electrons. The van der Waals surface area contributed by atoms with Crippen LogP contribution in [0.3, 0.4) is 0 Å². The molecule has 1 aromatic heterocycles. The lowest BCUT2D eigenvalue weighted by Gasteiger charge is -2.20. The van der Waals surface area contributed by atoms with E-state index >= 15 is 0 Å². The van der Waals surface area contributed by atoms with Crippen LogP contribution in [0.5, 0.6) is 0 Å². The van der Waals surface area contributed by atoms with Crippen molar-refractivity contribution in [2.24, 2.45) is 0 Å². The predicted octanol–water partition coefficient (Wildman–Crippen LogP) is 3.61. The Hall–Kier alpha value is -2.19. The molecule has 3 rings (SSSR count). The zero-order chi connectivity index (χ0) is 18.4. The Morgan fingerprint density at radius 2 is 1.96 bits per heavy atom. The molecule has 6 nitrogen and oxygen atoms in total. The minimum absolute atomic E-state index is 0.0189. The lowest BCUT2D eigenvalue weighted by atomic mass is 10.1. The summed E-state index contributed by atoms with van der Waals surface area (Å²) >= 11 is 1.19. The Labute approximate surface area is 149 Å². The Morgan fingerprint density at radius 1 is 1.24 bits per heavy atom. The molecule has 0 atom stereocenters. The number of fused-ring (bicyclic) bond motifs is 2. The van der Waals surface area contributed by atoms with Crippen LogP contribution in [0.15, 0.2) is 34.5 Å². The summed E-state index contributed by atoms with van der Waals surface area (Å²) < 4.78 is 30.5. The molecule has 1 aliphatic heterocycles. The third kappa shape index (κ3) is 3.45. The zero-order valence-corrected chi connectivity index (χ0v) is 15.6. The molecule has 25 heavy (non-hydrogen) atoms. The highest BCUT2D eigenvalue weighted by atomic mass is 32.2.